The van der Waals surface area contributed by atoms with Crippen LogP contribution in [0.1, 0.15) is 16.7 Å². The van der Waals surface area contributed by atoms with Gasteiger partial charge in [-0.2, -0.15) is 0 Å². The zero-order valence-electron chi connectivity index (χ0n) is 9.29. The zero-order chi connectivity index (χ0) is 11.3. The molecule has 0 saturated carbocycles. The number of hydrogen-bond acceptors (Lipinski definition) is 3. The molecule has 1 aromatic rings. The molecule has 0 atom stereocenters. The van der Waals surface area contributed by atoms with E-state index in [0.29, 0.717) is 13.2 Å². The van der Waals surface area contributed by atoms with Crippen LogP contribution in [-0.2, 0) is 20.1 Å². The van der Waals surface area contributed by atoms with Crippen LogP contribution in [0.4, 0.5) is 5.69 Å². The number of amides is 1. The highest BCUT2D eigenvalue weighted by Crippen LogP contribution is 2.44. The Kier molecular flexibility index (Phi) is 1.87. The Balaban J connectivity index is 2.22. The van der Waals surface area contributed by atoms with E-state index in [-0.39, 0.29) is 5.91 Å². The average Bonchev–Trinajstić information content (AvgIpc) is 2.84. The molecule has 1 saturated heterocycles. The Labute approximate surface area is 93.5 Å². The topological polar surface area (TPSA) is 47.6 Å². The third-order valence-corrected chi connectivity index (χ3v) is 3.32. The van der Waals surface area contributed by atoms with Crippen molar-refractivity contribution in [3.8, 4) is 0 Å². The van der Waals surface area contributed by atoms with Gasteiger partial charge >= 0.3 is 0 Å². The van der Waals surface area contributed by atoms with E-state index in [0.717, 1.165) is 22.4 Å². The molecule has 16 heavy (non-hydrogen) atoms. The van der Waals surface area contributed by atoms with Crippen molar-refractivity contribution in [1.29, 1.82) is 0 Å². The number of carbonyl (C=O) groups excluding carboxylic acids is 1. The quantitative estimate of drug-likeness (QED) is 0.718. The Morgan fingerprint density at radius 3 is 2.62 bits per heavy atom. The highest BCUT2D eigenvalue weighted by Gasteiger charge is 2.52. The van der Waals surface area contributed by atoms with Crippen molar-refractivity contribution in [2.24, 2.45) is 0 Å². The lowest BCUT2D eigenvalue weighted by atomic mass is 10.0. The first-order chi connectivity index (χ1) is 7.65. The van der Waals surface area contributed by atoms with E-state index in [4.69, 9.17) is 9.47 Å². The minimum atomic E-state index is -1.19. The molecule has 2 aliphatic rings. The minimum absolute atomic E-state index is 0.214. The average molecular weight is 219 g/mol. The highest BCUT2D eigenvalue weighted by atomic mass is 16.7. The summed E-state index contributed by atoms with van der Waals surface area (Å²) < 4.78 is 11.0. The van der Waals surface area contributed by atoms with Gasteiger partial charge in [0, 0.05) is 5.56 Å². The molecular formula is C12H13NO3. The molecule has 1 aromatic carbocycles. The van der Waals surface area contributed by atoms with Crippen LogP contribution in [0, 0.1) is 13.8 Å². The second-order valence-electron chi connectivity index (χ2n) is 4.20. The van der Waals surface area contributed by atoms with Gasteiger partial charge in [0.25, 0.3) is 11.7 Å². The molecule has 0 radical (unpaired) electrons. The molecule has 0 bridgehead atoms. The summed E-state index contributed by atoms with van der Waals surface area (Å²) in [6.07, 6.45) is 0. The lowest BCUT2D eigenvalue weighted by molar-refractivity contribution is -0.178. The van der Waals surface area contributed by atoms with Gasteiger partial charge in [0.1, 0.15) is 0 Å². The van der Waals surface area contributed by atoms with Crippen molar-refractivity contribution in [3.05, 3.63) is 28.8 Å². The molecule has 2 aliphatic heterocycles. The lowest BCUT2D eigenvalue weighted by Gasteiger charge is -2.19. The van der Waals surface area contributed by atoms with Gasteiger partial charge < -0.3 is 14.8 Å². The number of anilines is 1. The maximum absolute atomic E-state index is 12.0. The van der Waals surface area contributed by atoms with Crippen LogP contribution in [0.2, 0.25) is 0 Å². The van der Waals surface area contributed by atoms with Gasteiger partial charge in [0.15, 0.2) is 0 Å². The van der Waals surface area contributed by atoms with E-state index in [1.165, 1.54) is 0 Å². The SMILES string of the molecule is Cc1ccc2c(c1C)NC(=O)C21OCCO1. The predicted molar refractivity (Wildman–Crippen MR) is 58.1 cm³/mol. The molecule has 0 unspecified atom stereocenters. The second kappa shape index (κ2) is 3.06. The van der Waals surface area contributed by atoms with E-state index < -0.39 is 5.79 Å². The van der Waals surface area contributed by atoms with Crippen LogP contribution in [0.5, 0.6) is 0 Å². The second-order valence-corrected chi connectivity index (χ2v) is 4.20. The standard InChI is InChI=1S/C12H13NO3/c1-7-3-4-9-10(8(7)2)13-11(14)12(9)15-5-6-16-12/h3-4H,5-6H2,1-2H3,(H,13,14). The predicted octanol–water partition coefficient (Wildman–Crippen LogP) is 1.46. The first kappa shape index (κ1) is 9.81. The fourth-order valence-corrected chi connectivity index (χ4v) is 2.27. The van der Waals surface area contributed by atoms with Crippen molar-refractivity contribution in [1.82, 2.24) is 0 Å². The first-order valence-corrected chi connectivity index (χ1v) is 5.35. The van der Waals surface area contributed by atoms with Gasteiger partial charge in [-0.15, -0.1) is 0 Å². The molecule has 1 amide bonds. The van der Waals surface area contributed by atoms with Gasteiger partial charge in [-0.05, 0) is 25.0 Å². The van der Waals surface area contributed by atoms with Gasteiger partial charge in [0.2, 0.25) is 0 Å². The zero-order valence-corrected chi connectivity index (χ0v) is 9.29. The van der Waals surface area contributed by atoms with E-state index >= 15 is 0 Å². The number of aryl methyl sites for hydroxylation is 1. The fourth-order valence-electron chi connectivity index (χ4n) is 2.27. The summed E-state index contributed by atoms with van der Waals surface area (Å²) in [7, 11) is 0. The molecule has 3 rings (SSSR count). The number of ether oxygens (including phenoxy) is 2. The van der Waals surface area contributed by atoms with Crippen molar-refractivity contribution in [2.45, 2.75) is 19.6 Å². The van der Waals surface area contributed by atoms with Gasteiger partial charge in [0.05, 0.1) is 18.9 Å². The number of nitrogens with one attached hydrogen (secondary N) is 1. The van der Waals surface area contributed by atoms with E-state index in [2.05, 4.69) is 5.32 Å². The van der Waals surface area contributed by atoms with Crippen LogP contribution in [0.15, 0.2) is 12.1 Å². The third-order valence-electron chi connectivity index (χ3n) is 3.32. The Morgan fingerprint density at radius 1 is 1.25 bits per heavy atom. The summed E-state index contributed by atoms with van der Waals surface area (Å²) in [5, 5.41) is 2.85. The minimum Gasteiger partial charge on any atom is -0.336 e. The van der Waals surface area contributed by atoms with Crippen molar-refractivity contribution < 1.29 is 14.3 Å². The van der Waals surface area contributed by atoms with E-state index in [1.807, 2.05) is 26.0 Å². The summed E-state index contributed by atoms with van der Waals surface area (Å²) in [5.74, 6) is -1.40. The van der Waals surface area contributed by atoms with Gasteiger partial charge in [-0.1, -0.05) is 12.1 Å². The van der Waals surface area contributed by atoms with Crippen LogP contribution < -0.4 is 5.32 Å². The Hall–Kier alpha value is -1.39. The van der Waals surface area contributed by atoms with Crippen LogP contribution >= 0.6 is 0 Å². The molecule has 4 heteroatoms. The maximum atomic E-state index is 12.0. The van der Waals surface area contributed by atoms with Crippen molar-refractivity contribution >= 4 is 11.6 Å². The first-order valence-electron chi connectivity index (χ1n) is 5.35. The molecule has 2 heterocycles. The monoisotopic (exact) mass is 219 g/mol. The summed E-state index contributed by atoms with van der Waals surface area (Å²) in [5.41, 5.74) is 3.86. The molecule has 4 nitrogen and oxygen atoms in total. The number of hydrogen-bond donors (Lipinski definition) is 1. The maximum Gasteiger partial charge on any atom is 0.289 e. The molecule has 1 spiro atoms. The summed E-state index contributed by atoms with van der Waals surface area (Å²) in [6.45, 7) is 4.92. The number of carbonyl (C=O) groups is 1. The van der Waals surface area contributed by atoms with Gasteiger partial charge in [-0.3, -0.25) is 4.79 Å². The van der Waals surface area contributed by atoms with E-state index in [9.17, 15) is 4.79 Å². The third kappa shape index (κ3) is 1.03. The van der Waals surface area contributed by atoms with Crippen molar-refractivity contribution in [2.75, 3.05) is 18.5 Å². The number of benzene rings is 1. The number of rotatable bonds is 0. The molecule has 84 valence electrons. The smallest absolute Gasteiger partial charge is 0.289 e. The molecule has 1 N–H and O–H groups in total. The normalized spacial score (nSPS) is 21.2. The van der Waals surface area contributed by atoms with Crippen molar-refractivity contribution in [3.63, 3.8) is 0 Å². The van der Waals surface area contributed by atoms with Crippen LogP contribution in [0.25, 0.3) is 0 Å². The highest BCUT2D eigenvalue weighted by molar-refractivity contribution is 6.05. The Morgan fingerprint density at radius 2 is 1.94 bits per heavy atom. The molecule has 0 aliphatic carbocycles. The molecule has 0 aromatic heterocycles. The van der Waals surface area contributed by atoms with Crippen LogP contribution in [-0.4, -0.2) is 19.1 Å². The number of fused-ring (bicyclic) bond motifs is 2. The van der Waals surface area contributed by atoms with Crippen LogP contribution in [0.3, 0.4) is 0 Å². The molecular weight excluding hydrogens is 206 g/mol. The summed E-state index contributed by atoms with van der Waals surface area (Å²) >= 11 is 0. The summed E-state index contributed by atoms with van der Waals surface area (Å²) in [6, 6.07) is 3.89. The van der Waals surface area contributed by atoms with E-state index in [1.54, 1.807) is 0 Å². The Bertz CT molecular complexity index is 475. The van der Waals surface area contributed by atoms with Gasteiger partial charge in [-0.25, -0.2) is 0 Å². The lowest BCUT2D eigenvalue weighted by Crippen LogP contribution is -2.35. The largest absolute Gasteiger partial charge is 0.336 e. The fraction of sp³-hybridized carbons (Fsp3) is 0.417. The summed E-state index contributed by atoms with van der Waals surface area (Å²) in [4.78, 5) is 12.0. The molecule has 1 fully saturated rings.